The highest BCUT2D eigenvalue weighted by atomic mass is 16.3. The number of phenols is 1. The number of amides is 1. The highest BCUT2D eigenvalue weighted by Gasteiger charge is 2.29. The van der Waals surface area contributed by atoms with Gasteiger partial charge < -0.3 is 26.2 Å². The lowest BCUT2D eigenvalue weighted by Gasteiger charge is -2.40. The number of nitrogens with one attached hydrogen (secondary N) is 1. The van der Waals surface area contributed by atoms with Crippen LogP contribution in [0.2, 0.25) is 0 Å². The topological polar surface area (TPSA) is 98.8 Å². The number of likely N-dealkylation sites (N-methyl/N-ethyl adjacent to an activating group) is 1. The first-order valence-corrected chi connectivity index (χ1v) is 9.79. The van der Waals surface area contributed by atoms with Gasteiger partial charge in [0.15, 0.2) is 0 Å². The van der Waals surface area contributed by atoms with E-state index in [-0.39, 0.29) is 17.4 Å². The Hall–Kier alpha value is -2.57. The number of carbonyl (C=O) groups is 1. The molecule has 28 heavy (non-hydrogen) atoms. The second kappa shape index (κ2) is 9.08. The van der Waals surface area contributed by atoms with Crippen LogP contribution in [-0.2, 0) is 0 Å². The monoisotopic (exact) mass is 383 g/mol. The first-order chi connectivity index (χ1) is 13.5. The van der Waals surface area contributed by atoms with Gasteiger partial charge in [0.2, 0.25) is 0 Å². The molecule has 1 fully saturated rings. The normalized spacial score (nSPS) is 20.5. The lowest BCUT2D eigenvalue weighted by Crippen LogP contribution is -2.51. The van der Waals surface area contributed by atoms with E-state index in [1.807, 2.05) is 18.2 Å². The number of primary amides is 1. The van der Waals surface area contributed by atoms with Crippen LogP contribution in [-0.4, -0.2) is 41.8 Å². The van der Waals surface area contributed by atoms with Crippen LogP contribution in [0.3, 0.4) is 0 Å². The minimum Gasteiger partial charge on any atom is -0.507 e. The van der Waals surface area contributed by atoms with E-state index >= 15 is 0 Å². The quantitative estimate of drug-likeness (QED) is 0.589. The summed E-state index contributed by atoms with van der Waals surface area (Å²) in [5, 5.41) is 23.8. The molecule has 0 aliphatic heterocycles. The zero-order valence-electron chi connectivity index (χ0n) is 16.2. The average Bonchev–Trinajstić information content (AvgIpc) is 2.72. The van der Waals surface area contributed by atoms with Crippen molar-refractivity contribution in [2.24, 2.45) is 5.73 Å². The van der Waals surface area contributed by atoms with Gasteiger partial charge in [-0.05, 0) is 42.7 Å². The number of aliphatic hydroxyl groups excluding tert-OH is 1. The molecule has 5 N–H and O–H groups in total. The van der Waals surface area contributed by atoms with Crippen LogP contribution >= 0.6 is 0 Å². The van der Waals surface area contributed by atoms with E-state index in [1.54, 1.807) is 6.07 Å². The maximum Gasteiger partial charge on any atom is 0.252 e. The predicted molar refractivity (Wildman–Crippen MR) is 110 cm³/mol. The molecule has 1 aliphatic rings. The molecule has 0 saturated heterocycles. The molecule has 3 unspecified atom stereocenters. The molecule has 150 valence electrons. The predicted octanol–water partition coefficient (Wildman–Crippen LogP) is 2.56. The number of nitrogens with zero attached hydrogens (tertiary/aromatic N) is 1. The van der Waals surface area contributed by atoms with Gasteiger partial charge in [-0.2, -0.15) is 0 Å². The Bertz CT molecular complexity index is 797. The van der Waals surface area contributed by atoms with Crippen LogP contribution in [0.1, 0.15) is 47.7 Å². The van der Waals surface area contributed by atoms with Crippen LogP contribution < -0.4 is 16.0 Å². The van der Waals surface area contributed by atoms with E-state index in [0.29, 0.717) is 18.2 Å². The summed E-state index contributed by atoms with van der Waals surface area (Å²) in [6.07, 6.45) is 3.73. The fourth-order valence-corrected chi connectivity index (χ4v) is 4.01. The van der Waals surface area contributed by atoms with Gasteiger partial charge in [-0.3, -0.25) is 4.79 Å². The summed E-state index contributed by atoms with van der Waals surface area (Å²) in [6, 6.07) is 15.4. The maximum absolute atomic E-state index is 11.4. The lowest BCUT2D eigenvalue weighted by molar-refractivity contribution is 0.0997. The molecule has 0 aromatic heterocycles. The molecule has 6 nitrogen and oxygen atoms in total. The molecule has 1 amide bonds. The van der Waals surface area contributed by atoms with Crippen molar-refractivity contribution < 1.29 is 15.0 Å². The minimum atomic E-state index is -0.789. The van der Waals surface area contributed by atoms with Gasteiger partial charge in [-0.1, -0.05) is 37.1 Å². The van der Waals surface area contributed by atoms with E-state index in [1.165, 1.54) is 24.2 Å². The van der Waals surface area contributed by atoms with Gasteiger partial charge in [0.05, 0.1) is 11.7 Å². The molecule has 2 aromatic rings. The van der Waals surface area contributed by atoms with Crippen LogP contribution in [0.15, 0.2) is 48.5 Å². The molecule has 1 aliphatic carbocycles. The van der Waals surface area contributed by atoms with Crippen molar-refractivity contribution in [2.75, 3.05) is 18.5 Å². The fourth-order valence-electron chi connectivity index (χ4n) is 4.01. The second-order valence-electron chi connectivity index (χ2n) is 7.47. The minimum absolute atomic E-state index is 0.0240. The SMILES string of the molecule is CN(c1ccccc1)C1CCCCC1NCC(O)c1ccc(O)c(C(N)=O)c1. The zero-order chi connectivity index (χ0) is 20.1. The third kappa shape index (κ3) is 4.64. The fraction of sp³-hybridized carbons (Fsp3) is 0.409. The summed E-state index contributed by atoms with van der Waals surface area (Å²) in [6.45, 7) is 0.368. The lowest BCUT2D eigenvalue weighted by atomic mass is 9.88. The number of carbonyl (C=O) groups excluding carboxylic acids is 1. The molecule has 6 heteroatoms. The summed E-state index contributed by atoms with van der Waals surface area (Å²) in [5.41, 5.74) is 7.05. The molecule has 0 spiro atoms. The van der Waals surface area contributed by atoms with Gasteiger partial charge in [0.1, 0.15) is 5.75 Å². The number of aromatic hydroxyl groups is 1. The molecule has 0 bridgehead atoms. The summed E-state index contributed by atoms with van der Waals surface area (Å²) >= 11 is 0. The first kappa shape index (κ1) is 20.2. The van der Waals surface area contributed by atoms with Crippen LogP contribution in [0.25, 0.3) is 0 Å². The molecular formula is C22H29N3O3. The number of hydrogen-bond donors (Lipinski definition) is 4. The van der Waals surface area contributed by atoms with Gasteiger partial charge in [-0.25, -0.2) is 0 Å². The van der Waals surface area contributed by atoms with E-state index in [4.69, 9.17) is 5.73 Å². The van der Waals surface area contributed by atoms with E-state index in [9.17, 15) is 15.0 Å². The third-order valence-electron chi connectivity index (χ3n) is 5.63. The largest absolute Gasteiger partial charge is 0.507 e. The zero-order valence-corrected chi connectivity index (χ0v) is 16.2. The Morgan fingerprint density at radius 1 is 1.21 bits per heavy atom. The summed E-state index contributed by atoms with van der Waals surface area (Å²) < 4.78 is 0. The Morgan fingerprint density at radius 3 is 2.64 bits per heavy atom. The molecule has 3 atom stereocenters. The van der Waals surface area contributed by atoms with E-state index < -0.39 is 12.0 Å². The average molecular weight is 383 g/mol. The van der Waals surface area contributed by atoms with E-state index in [0.717, 1.165) is 19.3 Å². The molecule has 0 radical (unpaired) electrons. The van der Waals surface area contributed by atoms with Gasteiger partial charge in [0.25, 0.3) is 5.91 Å². The van der Waals surface area contributed by atoms with Crippen molar-refractivity contribution in [3.63, 3.8) is 0 Å². The third-order valence-corrected chi connectivity index (χ3v) is 5.63. The Balaban J connectivity index is 1.66. The van der Waals surface area contributed by atoms with Crippen LogP contribution in [0, 0.1) is 0 Å². The number of nitrogens with two attached hydrogens (primary N) is 1. The van der Waals surface area contributed by atoms with Gasteiger partial charge in [0, 0.05) is 31.4 Å². The highest BCUT2D eigenvalue weighted by molar-refractivity contribution is 5.95. The molecule has 0 heterocycles. The maximum atomic E-state index is 11.4. The number of hydrogen-bond acceptors (Lipinski definition) is 5. The summed E-state index contributed by atoms with van der Waals surface area (Å²) in [5.74, 6) is -0.885. The molecule has 1 saturated carbocycles. The van der Waals surface area contributed by atoms with Crippen molar-refractivity contribution in [1.82, 2.24) is 5.32 Å². The summed E-state index contributed by atoms with van der Waals surface area (Å²) in [4.78, 5) is 13.7. The Morgan fingerprint density at radius 2 is 1.93 bits per heavy atom. The van der Waals surface area contributed by atoms with Crippen LogP contribution in [0.5, 0.6) is 5.75 Å². The number of para-hydroxylation sites is 1. The number of benzene rings is 2. The van der Waals surface area contributed by atoms with Crippen molar-refractivity contribution in [1.29, 1.82) is 0 Å². The smallest absolute Gasteiger partial charge is 0.252 e. The number of aliphatic hydroxyl groups is 1. The standard InChI is InChI=1S/C22H29N3O3/c1-25(16-7-3-2-4-8-16)19-10-6-5-9-18(19)24-14-21(27)15-11-12-20(26)17(13-15)22(23)28/h2-4,7-8,11-13,18-19,21,24,26-27H,5-6,9-10,14H2,1H3,(H2,23,28). The van der Waals surface area contributed by atoms with Crippen molar-refractivity contribution in [3.05, 3.63) is 59.7 Å². The van der Waals surface area contributed by atoms with Crippen molar-refractivity contribution >= 4 is 11.6 Å². The molecular weight excluding hydrogens is 354 g/mol. The Kier molecular flexibility index (Phi) is 6.54. The highest BCUT2D eigenvalue weighted by Crippen LogP contribution is 2.27. The second-order valence-corrected chi connectivity index (χ2v) is 7.47. The van der Waals surface area contributed by atoms with Gasteiger partial charge >= 0.3 is 0 Å². The van der Waals surface area contributed by atoms with E-state index in [2.05, 4.69) is 29.4 Å². The summed E-state index contributed by atoms with van der Waals surface area (Å²) in [7, 11) is 2.12. The van der Waals surface area contributed by atoms with Crippen molar-refractivity contribution in [3.8, 4) is 5.75 Å². The van der Waals surface area contributed by atoms with Crippen LogP contribution in [0.4, 0.5) is 5.69 Å². The number of rotatable bonds is 7. The molecule has 3 rings (SSSR count). The van der Waals surface area contributed by atoms with Crippen molar-refractivity contribution in [2.45, 2.75) is 43.9 Å². The molecule has 2 aromatic carbocycles. The first-order valence-electron chi connectivity index (χ1n) is 9.79. The number of anilines is 1. The Labute approximate surface area is 166 Å². The van der Waals surface area contributed by atoms with Gasteiger partial charge in [-0.15, -0.1) is 0 Å².